The van der Waals surface area contributed by atoms with Gasteiger partial charge in [0.2, 0.25) is 5.95 Å². The minimum atomic E-state index is -3.89. The molecule has 4 aromatic heterocycles. The average Bonchev–Trinajstić information content (AvgIpc) is 0.739. The summed E-state index contributed by atoms with van der Waals surface area (Å²) in [4.78, 5) is 34.2. The maximum Gasteiger partial charge on any atom is 0.309 e. The number of nitrogens with two attached hydrogens (primary N) is 2. The number of sulfonamides is 1. The van der Waals surface area contributed by atoms with Crippen LogP contribution in [0.3, 0.4) is 0 Å². The highest BCUT2D eigenvalue weighted by atomic mass is 35.5. The second kappa shape index (κ2) is 32.6. The van der Waals surface area contributed by atoms with Crippen LogP contribution in [-0.2, 0) is 51.3 Å². The summed E-state index contributed by atoms with van der Waals surface area (Å²) < 4.78 is 67.7. The number of sulfone groups is 1. The van der Waals surface area contributed by atoms with Gasteiger partial charge in [0, 0.05) is 73.2 Å². The number of anilines is 2. The molecule has 22 heteroatoms. The van der Waals surface area contributed by atoms with Crippen LogP contribution in [-0.4, -0.2) is 137 Å². The lowest BCUT2D eigenvalue weighted by Gasteiger charge is -2.56. The first-order chi connectivity index (χ1) is 51.6. The van der Waals surface area contributed by atoms with E-state index < -0.39 is 25.9 Å². The molecular formula is C87H118Cl2FN13O4S2. The van der Waals surface area contributed by atoms with E-state index in [1.165, 1.54) is 159 Å². The van der Waals surface area contributed by atoms with Gasteiger partial charge in [-0.15, -0.1) is 0 Å². The molecule has 6 N–H and O–H groups in total. The third-order valence-electron chi connectivity index (χ3n) is 27.4. The molecule has 0 atom stereocenters. The molecule has 0 unspecified atom stereocenters. The molecule has 109 heavy (non-hydrogen) atoms. The summed E-state index contributed by atoms with van der Waals surface area (Å²) in [6.07, 6.45) is 36.8. The largest absolute Gasteiger partial charge is 0.349 e. The van der Waals surface area contributed by atoms with E-state index in [4.69, 9.17) is 49.6 Å². The zero-order chi connectivity index (χ0) is 78.2. The van der Waals surface area contributed by atoms with Crippen LogP contribution in [0.5, 0.6) is 0 Å². The number of fused-ring (bicyclic) bond motifs is 14. The van der Waals surface area contributed by atoms with Crippen molar-refractivity contribution in [1.82, 2.24) is 44.6 Å². The van der Waals surface area contributed by atoms with Crippen molar-refractivity contribution < 1.29 is 21.2 Å². The Hall–Kier alpha value is -6.33. The fourth-order valence-electron chi connectivity index (χ4n) is 19.0. The van der Waals surface area contributed by atoms with Crippen molar-refractivity contribution in [2.24, 2.45) is 22.3 Å². The van der Waals surface area contributed by atoms with Gasteiger partial charge in [0.15, 0.2) is 9.84 Å². The molecule has 0 aliphatic heterocycles. The SMILES string of the molecule is CC12CCC(N)(CC1)CC2.CCc1nc(CS(=O)(=O)c2ccccc2Cl)ccc1-c1cc(CC)c2nc(NC34CCC(N(C)C)(CC3)CC4)ncc2c1.CCc1nc(NS(=O)(=O)c2ccccc2Cl)ccc1-c1cc(CC)c2nc(F)ncc2c1.CN(C)C12CCC(C)(CC1)CC2.CN(C)C12CCC(N)(CC1)CC2. The van der Waals surface area contributed by atoms with E-state index in [-0.39, 0.29) is 48.0 Å². The number of nitrogens with zero attached hydrogens (tertiary/aromatic N) is 9. The van der Waals surface area contributed by atoms with Crippen molar-refractivity contribution >= 4 is 76.6 Å². The van der Waals surface area contributed by atoms with E-state index in [1.54, 1.807) is 42.5 Å². The molecular weight excluding hydrogens is 1450 g/mol. The van der Waals surface area contributed by atoms with Crippen molar-refractivity contribution in [1.29, 1.82) is 0 Å². The van der Waals surface area contributed by atoms with E-state index in [0.717, 1.165) is 86.5 Å². The minimum absolute atomic E-state index is 0.0139. The molecule has 0 radical (unpaired) electrons. The van der Waals surface area contributed by atoms with E-state index in [2.05, 4.69) is 115 Å². The Labute approximate surface area is 658 Å². The van der Waals surface area contributed by atoms with Crippen LogP contribution < -0.4 is 21.5 Å². The highest BCUT2D eigenvalue weighted by Crippen LogP contribution is 2.55. The number of nitrogens with one attached hydrogen (secondary N) is 2. The number of aryl methyl sites for hydroxylation is 4. The fourth-order valence-corrected chi connectivity index (χ4v) is 22.3. The van der Waals surface area contributed by atoms with Crippen LogP contribution in [0, 0.1) is 16.9 Å². The molecule has 8 aromatic rings. The summed E-state index contributed by atoms with van der Waals surface area (Å²) in [7, 11) is 5.88. The normalized spacial score (nSPS) is 27.3. The first-order valence-corrected chi connectivity index (χ1v) is 43.9. The Morgan fingerprint density at radius 3 is 1.32 bits per heavy atom. The molecule has 588 valence electrons. The number of hydrogen-bond acceptors (Lipinski definition) is 16. The Kier molecular flexibility index (Phi) is 24.6. The summed E-state index contributed by atoms with van der Waals surface area (Å²) >= 11 is 12.2. The average molecular weight is 1560 g/mol. The lowest BCUT2D eigenvalue weighted by atomic mass is 9.58. The lowest BCUT2D eigenvalue weighted by Crippen LogP contribution is -2.59. The van der Waals surface area contributed by atoms with Gasteiger partial charge in [0.25, 0.3) is 10.0 Å². The van der Waals surface area contributed by atoms with Gasteiger partial charge >= 0.3 is 6.08 Å². The molecule has 0 amide bonds. The molecule has 12 fully saturated rings. The monoisotopic (exact) mass is 1560 g/mol. The van der Waals surface area contributed by atoms with Crippen molar-refractivity contribution in [3.63, 3.8) is 0 Å². The van der Waals surface area contributed by atoms with Crippen LogP contribution >= 0.6 is 23.2 Å². The van der Waals surface area contributed by atoms with Crippen LogP contribution in [0.4, 0.5) is 16.2 Å². The summed E-state index contributed by atoms with van der Waals surface area (Å²) in [6.45, 7) is 13.0. The van der Waals surface area contributed by atoms with E-state index in [1.807, 2.05) is 51.2 Å². The molecule has 12 aliphatic carbocycles. The van der Waals surface area contributed by atoms with Crippen molar-refractivity contribution in [2.45, 2.75) is 270 Å². The summed E-state index contributed by atoms with van der Waals surface area (Å²) in [5, 5.41) is 5.85. The van der Waals surface area contributed by atoms with E-state index >= 15 is 0 Å². The minimum Gasteiger partial charge on any atom is -0.349 e. The van der Waals surface area contributed by atoms with Crippen LogP contribution in [0.25, 0.3) is 44.1 Å². The molecule has 17 nitrogen and oxygen atoms in total. The molecule has 8 bridgehead atoms. The van der Waals surface area contributed by atoms with Crippen molar-refractivity contribution in [3.8, 4) is 22.3 Å². The third kappa shape index (κ3) is 18.0. The molecule has 4 heterocycles. The molecule has 12 saturated carbocycles. The lowest BCUT2D eigenvalue weighted by molar-refractivity contribution is -0.0230. The third-order valence-corrected chi connectivity index (χ3v) is 31.4. The van der Waals surface area contributed by atoms with Crippen molar-refractivity contribution in [3.05, 3.63) is 154 Å². The molecule has 0 saturated heterocycles. The molecule has 0 spiro atoms. The molecule has 12 aliphatic rings. The topological polar surface area (TPSA) is 231 Å². The van der Waals surface area contributed by atoms with Gasteiger partial charge in [0.05, 0.1) is 43.1 Å². The first kappa shape index (κ1) is 82.1. The maximum absolute atomic E-state index is 13.5. The predicted molar refractivity (Wildman–Crippen MR) is 444 cm³/mol. The number of rotatable bonds is 17. The van der Waals surface area contributed by atoms with Crippen LogP contribution in [0.2, 0.25) is 10.0 Å². The van der Waals surface area contributed by atoms with Gasteiger partial charge in [-0.1, -0.05) is 95.1 Å². The zero-order valence-corrected chi connectivity index (χ0v) is 69.8. The van der Waals surface area contributed by atoms with Gasteiger partial charge in [-0.05, 0) is 322 Å². The standard InChI is InChI=1S/C34H40ClN5O2S.C23H20ClFN4O2S.C11H21N.C10H20N2.C9H17N/c1-5-23-19-24(27-12-11-26(37-29(27)6-2)22-43(41,42)30-10-8-7-9-28(30)35)20-25-21-36-32(38-31(23)25)39-33-13-16-34(17-14-33,18-15-33)40(3)4;1-3-14-11-15(12-16-13-26-23(25)28-22(14)16)17-9-10-21(27-19(17)4-2)29-32(30,31)20-8-6-5-7-18(20)24;1-10-4-7-11(8-5-10,9-6-10)12(2)3;1-12(2)10-6-3-9(11,4-7-10)5-8-10;1-8-2-5-9(10,6-3-8)7-4-8/h7-12,19-21H,5-6,13-18,22H2,1-4H3,(H,36,38,39);5-13H,3-4H2,1-2H3,(H,27,29);4-9H2,1-3H3;3-8,11H2,1-2H3;2-7,10H2,1H3. The van der Waals surface area contributed by atoms with Gasteiger partial charge in [-0.3, -0.25) is 9.71 Å². The quantitative estimate of drug-likeness (QED) is 0.0621. The second-order valence-electron chi connectivity index (χ2n) is 34.7. The maximum atomic E-state index is 13.5. The van der Waals surface area contributed by atoms with E-state index in [0.29, 0.717) is 64.1 Å². The van der Waals surface area contributed by atoms with Gasteiger partial charge in [0.1, 0.15) is 10.7 Å². The fraction of sp³-hybridized carbons (Fsp3) is 0.563. The molecule has 4 aromatic carbocycles. The highest BCUT2D eigenvalue weighted by Gasteiger charge is 2.51. The first-order valence-electron chi connectivity index (χ1n) is 40.0. The van der Waals surface area contributed by atoms with Gasteiger partial charge in [-0.25, -0.2) is 41.8 Å². The van der Waals surface area contributed by atoms with Crippen LogP contribution in [0.15, 0.2) is 119 Å². The Bertz CT molecular complexity index is 4690. The smallest absolute Gasteiger partial charge is 0.309 e. The number of pyridine rings is 2. The Morgan fingerprint density at radius 2 is 0.872 bits per heavy atom. The summed E-state index contributed by atoms with van der Waals surface area (Å²) in [5.74, 6) is 0.713. The van der Waals surface area contributed by atoms with Gasteiger partial charge < -0.3 is 31.5 Å². The predicted octanol–water partition coefficient (Wildman–Crippen LogP) is 18.7. The zero-order valence-electron chi connectivity index (χ0n) is 66.7. The second-order valence-corrected chi connectivity index (χ2v) is 39.1. The Morgan fingerprint density at radius 1 is 0.468 bits per heavy atom. The summed E-state index contributed by atoms with van der Waals surface area (Å²) in [6, 6.07) is 28.1. The van der Waals surface area contributed by atoms with Crippen LogP contribution in [0.1, 0.15) is 224 Å². The Balaban J connectivity index is 0.000000144. The highest BCUT2D eigenvalue weighted by molar-refractivity contribution is 7.92. The number of hydrogen-bond donors (Lipinski definition) is 4. The molecule has 20 rings (SSSR count). The number of aromatic nitrogens is 6. The summed E-state index contributed by atoms with van der Waals surface area (Å²) in [5.41, 5.74) is 25.3. The number of halogens is 3. The van der Waals surface area contributed by atoms with Gasteiger partial charge in [-0.2, -0.15) is 4.39 Å². The van der Waals surface area contributed by atoms with E-state index in [9.17, 15) is 21.2 Å². The van der Waals surface area contributed by atoms with Crippen molar-refractivity contribution in [2.75, 3.05) is 52.3 Å². The number of benzene rings is 4.